The molecule has 34 heavy (non-hydrogen) atoms. The monoisotopic (exact) mass is 473 g/mol. The van der Waals surface area contributed by atoms with Gasteiger partial charge in [-0.05, 0) is 25.3 Å². The molecule has 0 unspecified atom stereocenters. The Hall–Kier alpha value is -3.27. The number of hydrogen-bond donors (Lipinski definition) is 1. The maximum Gasteiger partial charge on any atom is 0.391 e. The summed E-state index contributed by atoms with van der Waals surface area (Å²) in [6.45, 7) is 4.33. The van der Waals surface area contributed by atoms with Crippen LogP contribution in [0, 0.1) is 12.8 Å². The molecule has 2 aromatic heterocycles. The number of halogens is 3. The van der Waals surface area contributed by atoms with Crippen LogP contribution >= 0.6 is 0 Å². The van der Waals surface area contributed by atoms with Crippen molar-refractivity contribution in [2.75, 3.05) is 18.5 Å². The molecule has 4 rings (SSSR count). The van der Waals surface area contributed by atoms with Crippen LogP contribution in [0.3, 0.4) is 0 Å². The molecule has 1 aliphatic rings. The minimum atomic E-state index is -4.39. The van der Waals surface area contributed by atoms with Crippen LogP contribution < -0.4 is 5.32 Å². The summed E-state index contributed by atoms with van der Waals surface area (Å²) in [5.41, 5.74) is 3.23. The van der Waals surface area contributed by atoms with Gasteiger partial charge in [-0.15, -0.1) is 0 Å². The van der Waals surface area contributed by atoms with Crippen molar-refractivity contribution < 1.29 is 22.7 Å². The number of nitrogens with zero attached hydrogens (tertiary/aromatic N) is 4. The molecule has 1 atom stereocenters. The molecule has 0 spiro atoms. The first-order valence-corrected chi connectivity index (χ1v) is 11.1. The Morgan fingerprint density at radius 2 is 1.91 bits per heavy atom. The Morgan fingerprint density at radius 3 is 2.59 bits per heavy atom. The summed E-state index contributed by atoms with van der Waals surface area (Å²) in [7, 11) is 0. The summed E-state index contributed by atoms with van der Waals surface area (Å²) in [5.74, 6) is -1.83. The molecule has 0 radical (unpaired) electrons. The summed E-state index contributed by atoms with van der Waals surface area (Å²) >= 11 is 0. The first-order valence-electron chi connectivity index (χ1n) is 11.1. The molecule has 3 aromatic rings. The number of carbonyl (C=O) groups is 1. The number of ketones is 1. The number of alkyl halides is 3. The minimum absolute atomic E-state index is 0.241. The van der Waals surface area contributed by atoms with E-state index in [2.05, 4.69) is 20.4 Å². The van der Waals surface area contributed by atoms with Crippen LogP contribution in [-0.2, 0) is 4.74 Å². The van der Waals surface area contributed by atoms with Crippen molar-refractivity contribution >= 4 is 17.4 Å². The molecule has 1 N–H and O–H groups in total. The third-order valence-corrected chi connectivity index (χ3v) is 5.92. The number of anilines is 2. The lowest BCUT2D eigenvalue weighted by Crippen LogP contribution is -2.22. The van der Waals surface area contributed by atoms with Crippen LogP contribution in [0.15, 0.2) is 42.9 Å². The normalized spacial score (nSPS) is 15.8. The summed E-state index contributed by atoms with van der Waals surface area (Å²) in [6.07, 6.45) is 2.20. The van der Waals surface area contributed by atoms with Crippen molar-refractivity contribution in [2.45, 2.75) is 45.3 Å². The molecule has 1 aliphatic heterocycles. The summed E-state index contributed by atoms with van der Waals surface area (Å²) in [6, 6.07) is 6.75. The Kier molecular flexibility index (Phi) is 6.97. The van der Waals surface area contributed by atoms with Gasteiger partial charge in [-0.1, -0.05) is 31.2 Å². The Bertz CT molecular complexity index is 1140. The zero-order chi connectivity index (χ0) is 24.3. The second-order valence-electron chi connectivity index (χ2n) is 8.55. The van der Waals surface area contributed by atoms with Crippen molar-refractivity contribution in [2.24, 2.45) is 5.92 Å². The predicted molar refractivity (Wildman–Crippen MR) is 121 cm³/mol. The van der Waals surface area contributed by atoms with Gasteiger partial charge in [-0.2, -0.15) is 18.3 Å². The number of benzene rings is 1. The fourth-order valence-electron chi connectivity index (χ4n) is 3.80. The molecule has 0 saturated carbocycles. The highest BCUT2D eigenvalue weighted by Crippen LogP contribution is 2.30. The maximum absolute atomic E-state index is 12.8. The molecule has 10 heteroatoms. The van der Waals surface area contributed by atoms with Crippen molar-refractivity contribution in [1.82, 2.24) is 19.7 Å². The number of aromatic nitrogens is 4. The number of Topliss-reactive ketones (excluding diaryl/α,β-unsaturated/α-hetero) is 1. The predicted octanol–water partition coefficient (Wildman–Crippen LogP) is 5.51. The second kappa shape index (κ2) is 9.92. The van der Waals surface area contributed by atoms with Gasteiger partial charge in [0.1, 0.15) is 0 Å². The molecular formula is C24H26F3N5O2. The van der Waals surface area contributed by atoms with Crippen LogP contribution in [0.25, 0.3) is 11.3 Å². The number of nitrogens with one attached hydrogen (secondary N) is 1. The van der Waals surface area contributed by atoms with Crippen LogP contribution in [0.5, 0.6) is 0 Å². The van der Waals surface area contributed by atoms with Gasteiger partial charge >= 0.3 is 6.18 Å². The average Bonchev–Trinajstić information content (AvgIpc) is 3.29. The van der Waals surface area contributed by atoms with Gasteiger partial charge in [-0.3, -0.25) is 9.48 Å². The maximum atomic E-state index is 12.8. The van der Waals surface area contributed by atoms with Crippen LogP contribution in [0.1, 0.15) is 48.1 Å². The number of rotatable bonds is 7. The number of aryl methyl sites for hydroxylation is 1. The summed E-state index contributed by atoms with van der Waals surface area (Å²) in [4.78, 5) is 21.2. The lowest BCUT2D eigenvalue weighted by molar-refractivity contribution is -0.168. The van der Waals surface area contributed by atoms with E-state index in [9.17, 15) is 18.0 Å². The standard InChI is InChI=1S/C24H26F3N5O2/c1-15-12-28-23(30-19-13-29-32(14-19)20-7-9-34-10-8-20)31-22(15)18-5-3-17(4-6-18)21(33)11-16(2)24(25,26)27/h3-6,12-14,16,20H,7-11H2,1-2H3,(H,28,30,31)/t16-/m1/s1. The third-order valence-electron chi connectivity index (χ3n) is 5.92. The smallest absolute Gasteiger partial charge is 0.381 e. The largest absolute Gasteiger partial charge is 0.391 e. The van der Waals surface area contributed by atoms with E-state index in [1.165, 1.54) is 12.1 Å². The summed E-state index contributed by atoms with van der Waals surface area (Å²) in [5, 5.41) is 7.61. The van der Waals surface area contributed by atoms with Gasteiger partial charge in [0, 0.05) is 43.2 Å². The van der Waals surface area contributed by atoms with E-state index in [4.69, 9.17) is 4.74 Å². The quantitative estimate of drug-likeness (QED) is 0.456. The van der Waals surface area contributed by atoms with Crippen molar-refractivity contribution in [3.8, 4) is 11.3 Å². The van der Waals surface area contributed by atoms with Gasteiger partial charge in [0.15, 0.2) is 5.78 Å². The van der Waals surface area contributed by atoms with Gasteiger partial charge < -0.3 is 10.1 Å². The molecule has 0 bridgehead atoms. The first-order chi connectivity index (χ1) is 16.2. The Balaban J connectivity index is 1.47. The van der Waals surface area contributed by atoms with Gasteiger partial charge in [0.25, 0.3) is 0 Å². The van der Waals surface area contributed by atoms with Crippen molar-refractivity contribution in [3.05, 3.63) is 54.0 Å². The highest BCUT2D eigenvalue weighted by molar-refractivity contribution is 5.96. The van der Waals surface area contributed by atoms with E-state index in [1.807, 2.05) is 17.8 Å². The molecule has 0 aliphatic carbocycles. The van der Waals surface area contributed by atoms with E-state index in [0.29, 0.717) is 17.7 Å². The molecule has 7 nitrogen and oxygen atoms in total. The molecule has 180 valence electrons. The Morgan fingerprint density at radius 1 is 1.21 bits per heavy atom. The first kappa shape index (κ1) is 23.9. The highest BCUT2D eigenvalue weighted by atomic mass is 19.4. The average molecular weight is 473 g/mol. The van der Waals surface area contributed by atoms with E-state index >= 15 is 0 Å². The van der Waals surface area contributed by atoms with E-state index < -0.39 is 24.3 Å². The lowest BCUT2D eigenvalue weighted by Gasteiger charge is -2.22. The Labute approximate surface area is 195 Å². The van der Waals surface area contributed by atoms with Crippen molar-refractivity contribution in [1.29, 1.82) is 0 Å². The zero-order valence-electron chi connectivity index (χ0n) is 19.0. The van der Waals surface area contributed by atoms with E-state index in [1.54, 1.807) is 24.5 Å². The number of hydrogen-bond acceptors (Lipinski definition) is 6. The molecule has 1 fully saturated rings. The van der Waals surface area contributed by atoms with Gasteiger partial charge in [0.2, 0.25) is 5.95 Å². The molecular weight excluding hydrogens is 447 g/mol. The van der Waals surface area contributed by atoms with Gasteiger partial charge in [-0.25, -0.2) is 9.97 Å². The molecule has 3 heterocycles. The summed E-state index contributed by atoms with van der Waals surface area (Å²) < 4.78 is 45.6. The fraction of sp³-hybridized carbons (Fsp3) is 0.417. The minimum Gasteiger partial charge on any atom is -0.381 e. The van der Waals surface area contributed by atoms with Gasteiger partial charge in [0.05, 0.1) is 29.5 Å². The topological polar surface area (TPSA) is 81.9 Å². The van der Waals surface area contributed by atoms with Crippen LogP contribution in [-0.4, -0.2) is 44.9 Å². The molecule has 1 aromatic carbocycles. The van der Waals surface area contributed by atoms with E-state index in [-0.39, 0.29) is 5.56 Å². The fourth-order valence-corrected chi connectivity index (χ4v) is 3.80. The highest BCUT2D eigenvalue weighted by Gasteiger charge is 2.37. The van der Waals surface area contributed by atoms with Crippen LogP contribution in [0.4, 0.5) is 24.8 Å². The number of carbonyl (C=O) groups excluding carboxylic acids is 1. The second-order valence-corrected chi connectivity index (χ2v) is 8.55. The van der Waals surface area contributed by atoms with Crippen LogP contribution in [0.2, 0.25) is 0 Å². The lowest BCUT2D eigenvalue weighted by atomic mass is 9.97. The van der Waals surface area contributed by atoms with E-state index in [0.717, 1.165) is 49.8 Å². The van der Waals surface area contributed by atoms with Crippen molar-refractivity contribution in [3.63, 3.8) is 0 Å². The number of ether oxygens (including phenoxy) is 1. The SMILES string of the molecule is Cc1cnc(Nc2cnn(C3CCOCC3)c2)nc1-c1ccc(C(=O)C[C@@H](C)C(F)(F)F)cc1. The molecule has 0 amide bonds. The zero-order valence-corrected chi connectivity index (χ0v) is 19.0. The third kappa shape index (κ3) is 5.61. The molecule has 1 saturated heterocycles.